The molecule has 0 spiro atoms. The first kappa shape index (κ1) is 66.0. The van der Waals surface area contributed by atoms with Crippen LogP contribution >= 0.6 is 0 Å². The second-order valence-corrected chi connectivity index (χ2v) is 20.2. The predicted molar refractivity (Wildman–Crippen MR) is 288 cm³/mol. The van der Waals surface area contributed by atoms with Crippen molar-refractivity contribution in [1.82, 2.24) is 0 Å². The van der Waals surface area contributed by atoms with Gasteiger partial charge < -0.3 is 33.3 Å². The second-order valence-electron chi connectivity index (χ2n) is 20.2. The van der Waals surface area contributed by atoms with Crippen LogP contribution < -0.4 is 5.11 Å². The minimum absolute atomic E-state index is 0.143. The number of esters is 2. The molecule has 400 valence electrons. The molecular formula is C60H107NO8. The summed E-state index contributed by atoms with van der Waals surface area (Å²) in [6.45, 7) is 4.72. The van der Waals surface area contributed by atoms with Crippen molar-refractivity contribution in [3.8, 4) is 0 Å². The van der Waals surface area contributed by atoms with Crippen LogP contribution in [0.3, 0.4) is 0 Å². The molecule has 69 heavy (non-hydrogen) atoms. The molecule has 0 fully saturated rings. The smallest absolute Gasteiger partial charge is 0.306 e. The molecule has 0 aliphatic heterocycles. The Kier molecular flexibility index (Phi) is 49.1. The van der Waals surface area contributed by atoms with Gasteiger partial charge in [-0.15, -0.1) is 0 Å². The van der Waals surface area contributed by atoms with E-state index in [0.29, 0.717) is 17.4 Å². The predicted octanol–water partition coefficient (Wildman–Crippen LogP) is 15.1. The lowest BCUT2D eigenvalue weighted by Gasteiger charge is -2.26. The highest BCUT2D eigenvalue weighted by Crippen LogP contribution is 2.15. The number of likely N-dealkylation sites (N-methyl/N-ethyl adjacent to an activating group) is 1. The lowest BCUT2D eigenvalue weighted by atomic mass is 10.0. The van der Waals surface area contributed by atoms with Crippen molar-refractivity contribution in [2.45, 2.75) is 257 Å². The molecule has 0 amide bonds. The molecule has 0 aliphatic carbocycles. The third-order valence-corrected chi connectivity index (χ3v) is 12.2. The maximum absolute atomic E-state index is 12.8. The number of carbonyl (C=O) groups excluding carboxylic acids is 3. The van der Waals surface area contributed by atoms with Crippen LogP contribution in [0.25, 0.3) is 0 Å². The number of allylic oxidation sites excluding steroid dienone is 10. The molecule has 0 radical (unpaired) electrons. The Balaban J connectivity index is 4.30. The van der Waals surface area contributed by atoms with Gasteiger partial charge >= 0.3 is 11.9 Å². The summed E-state index contributed by atoms with van der Waals surface area (Å²) in [5.41, 5.74) is 0. The number of ether oxygens (including phenoxy) is 4. The first-order valence-electron chi connectivity index (χ1n) is 28.4. The molecule has 0 aliphatic rings. The van der Waals surface area contributed by atoms with Gasteiger partial charge in [0, 0.05) is 12.8 Å². The molecule has 0 N–H and O–H groups in total. The average molecular weight is 971 g/mol. The number of carboxylic acids is 1. The maximum atomic E-state index is 12.8. The highest BCUT2D eigenvalue weighted by Gasteiger charge is 2.22. The second kappa shape index (κ2) is 51.3. The largest absolute Gasteiger partial charge is 0.545 e. The van der Waals surface area contributed by atoms with Gasteiger partial charge in [0.15, 0.2) is 12.4 Å². The fourth-order valence-electron chi connectivity index (χ4n) is 7.81. The number of carboxylic acid groups (broad SMARTS) is 1. The van der Waals surface area contributed by atoms with Gasteiger partial charge in [-0.1, -0.05) is 209 Å². The van der Waals surface area contributed by atoms with Crippen LogP contribution in [0.4, 0.5) is 0 Å². The normalized spacial score (nSPS) is 13.2. The first-order valence-corrected chi connectivity index (χ1v) is 28.4. The zero-order chi connectivity index (χ0) is 50.6. The zero-order valence-electron chi connectivity index (χ0n) is 45.4. The van der Waals surface area contributed by atoms with Gasteiger partial charge in [0.25, 0.3) is 0 Å². The lowest BCUT2D eigenvalue weighted by Crippen LogP contribution is -2.44. The molecule has 2 atom stereocenters. The maximum Gasteiger partial charge on any atom is 0.306 e. The number of quaternary nitrogens is 1. The number of aliphatic carboxylic acids is 1. The van der Waals surface area contributed by atoms with Crippen molar-refractivity contribution in [3.05, 3.63) is 60.8 Å². The number of carbonyl (C=O) groups is 3. The molecule has 0 heterocycles. The summed E-state index contributed by atoms with van der Waals surface area (Å²) in [6, 6.07) is 0. The number of hydrogen-bond acceptors (Lipinski definition) is 8. The van der Waals surface area contributed by atoms with E-state index in [-0.39, 0.29) is 38.6 Å². The van der Waals surface area contributed by atoms with Crippen LogP contribution in [0.2, 0.25) is 0 Å². The Morgan fingerprint density at radius 2 is 0.783 bits per heavy atom. The summed E-state index contributed by atoms with van der Waals surface area (Å²) in [6.07, 6.45) is 61.1. The number of unbranched alkanes of at least 4 members (excludes halogenated alkanes) is 27. The Bertz CT molecular complexity index is 1310. The minimum atomic E-state index is -1.63. The van der Waals surface area contributed by atoms with Crippen LogP contribution in [0.15, 0.2) is 60.8 Å². The van der Waals surface area contributed by atoms with Crippen LogP contribution in [0, 0.1) is 0 Å². The third kappa shape index (κ3) is 52.6. The number of nitrogens with zero attached hydrogens (tertiary/aromatic N) is 1. The summed E-state index contributed by atoms with van der Waals surface area (Å²) in [4.78, 5) is 37.3. The fraction of sp³-hybridized carbons (Fsp3) is 0.783. The topological polar surface area (TPSA) is 111 Å². The molecule has 2 unspecified atom stereocenters. The number of rotatable bonds is 52. The van der Waals surface area contributed by atoms with Gasteiger partial charge in [-0.2, -0.15) is 0 Å². The Labute approximate surface area is 425 Å². The molecule has 0 aromatic rings. The standard InChI is InChI=1S/C60H107NO8/c1-6-8-10-12-14-16-18-20-22-24-26-28-29-31-32-34-36-38-40-42-44-46-48-50-57(62)67-54-56(55-68-60(59(64)65)66-53-52-61(3,4)5)69-58(63)51-49-47-45-43-41-39-37-35-33-30-27-25-23-21-19-17-15-13-11-9-7-2/h18-21,24-27,33,35,56,60H,6-17,22-23,28-32,34,36-55H2,1-5H3/b20-18-,21-19-,26-24-,27-25-,35-33-. The minimum Gasteiger partial charge on any atom is -0.545 e. The van der Waals surface area contributed by atoms with Crippen LogP contribution in [0.1, 0.15) is 245 Å². The molecule has 0 saturated carbocycles. The van der Waals surface area contributed by atoms with E-state index in [1.807, 2.05) is 21.1 Å². The molecule has 0 aromatic heterocycles. The van der Waals surface area contributed by atoms with E-state index in [1.54, 1.807) is 0 Å². The van der Waals surface area contributed by atoms with E-state index in [9.17, 15) is 19.5 Å². The van der Waals surface area contributed by atoms with E-state index in [2.05, 4.69) is 74.6 Å². The van der Waals surface area contributed by atoms with E-state index < -0.39 is 24.3 Å². The fourth-order valence-corrected chi connectivity index (χ4v) is 7.81. The van der Waals surface area contributed by atoms with E-state index in [4.69, 9.17) is 18.9 Å². The zero-order valence-corrected chi connectivity index (χ0v) is 45.4. The van der Waals surface area contributed by atoms with E-state index in [0.717, 1.165) is 77.0 Å². The Hall–Kier alpha value is -3.01. The summed E-state index contributed by atoms with van der Waals surface area (Å²) in [7, 11) is 5.91. The monoisotopic (exact) mass is 970 g/mol. The van der Waals surface area contributed by atoms with Crippen molar-refractivity contribution in [2.75, 3.05) is 47.5 Å². The summed E-state index contributed by atoms with van der Waals surface area (Å²) in [5.74, 6) is -2.30. The molecule has 0 rings (SSSR count). The SMILES string of the molecule is CCCCCCC/C=C\C/C=C\C/C=C\CCCCCCCCC(=O)OC(COC(=O)CCCCCCCCCCCCC/C=C\C/C=C\CCCCCCC)COC(OCC[N+](C)(C)C)C(=O)[O-]. The molecular weight excluding hydrogens is 863 g/mol. The Morgan fingerprint density at radius 1 is 0.435 bits per heavy atom. The van der Waals surface area contributed by atoms with Crippen molar-refractivity contribution >= 4 is 17.9 Å². The number of hydrogen-bond donors (Lipinski definition) is 0. The third-order valence-electron chi connectivity index (χ3n) is 12.2. The van der Waals surface area contributed by atoms with E-state index in [1.165, 1.54) is 135 Å². The first-order chi connectivity index (χ1) is 33.6. The van der Waals surface area contributed by atoms with Crippen LogP contribution in [0.5, 0.6) is 0 Å². The van der Waals surface area contributed by atoms with Crippen LogP contribution in [-0.4, -0.2) is 82.3 Å². The Morgan fingerprint density at radius 3 is 1.16 bits per heavy atom. The van der Waals surface area contributed by atoms with E-state index >= 15 is 0 Å². The average Bonchev–Trinajstić information content (AvgIpc) is 3.31. The summed E-state index contributed by atoms with van der Waals surface area (Å²) < 4.78 is 22.7. The quantitative estimate of drug-likeness (QED) is 0.0195. The van der Waals surface area contributed by atoms with Crippen molar-refractivity contribution in [2.24, 2.45) is 0 Å². The summed E-state index contributed by atoms with van der Waals surface area (Å²) >= 11 is 0. The molecule has 0 bridgehead atoms. The van der Waals surface area contributed by atoms with Gasteiger partial charge in [-0.3, -0.25) is 9.59 Å². The molecule has 9 heteroatoms. The van der Waals surface area contributed by atoms with Crippen LogP contribution in [-0.2, 0) is 33.3 Å². The van der Waals surface area contributed by atoms with Gasteiger partial charge in [-0.05, 0) is 83.5 Å². The molecule has 9 nitrogen and oxygen atoms in total. The molecule has 0 saturated heterocycles. The molecule has 0 aromatic carbocycles. The van der Waals surface area contributed by atoms with Gasteiger partial charge in [0.1, 0.15) is 13.2 Å². The highest BCUT2D eigenvalue weighted by molar-refractivity contribution is 5.70. The van der Waals surface area contributed by atoms with Gasteiger partial charge in [0.05, 0.1) is 40.3 Å². The summed E-state index contributed by atoms with van der Waals surface area (Å²) in [5, 5.41) is 11.8. The van der Waals surface area contributed by atoms with Crippen molar-refractivity contribution in [1.29, 1.82) is 0 Å². The lowest BCUT2D eigenvalue weighted by molar-refractivity contribution is -0.870. The van der Waals surface area contributed by atoms with Crippen molar-refractivity contribution in [3.63, 3.8) is 0 Å². The van der Waals surface area contributed by atoms with Crippen molar-refractivity contribution < 1.29 is 42.9 Å². The van der Waals surface area contributed by atoms with Gasteiger partial charge in [0.2, 0.25) is 0 Å². The van der Waals surface area contributed by atoms with Gasteiger partial charge in [-0.25, -0.2) is 0 Å². The highest BCUT2D eigenvalue weighted by atomic mass is 16.7.